The van der Waals surface area contributed by atoms with Crippen molar-refractivity contribution in [3.8, 4) is 11.5 Å². The van der Waals surface area contributed by atoms with Crippen LogP contribution in [-0.2, 0) is 4.79 Å². The molecule has 0 saturated heterocycles. The standard InChI is InChI=1S/C11H10Cl2O4/c1-16-7-4-3-6(5-8(7)17-2)9(12)10(13)11(14)15/h3-5H,1-2H3,(H,14,15)/b10-9+. The molecule has 0 saturated carbocycles. The van der Waals surface area contributed by atoms with Crippen LogP contribution in [0.4, 0.5) is 0 Å². The van der Waals surface area contributed by atoms with Gasteiger partial charge in [-0.3, -0.25) is 0 Å². The average molecular weight is 277 g/mol. The summed E-state index contributed by atoms with van der Waals surface area (Å²) in [5.74, 6) is -0.323. The third-order valence-corrected chi connectivity index (χ3v) is 2.87. The van der Waals surface area contributed by atoms with Gasteiger partial charge in [-0.15, -0.1) is 0 Å². The summed E-state index contributed by atoms with van der Waals surface area (Å²) in [4.78, 5) is 10.7. The lowest BCUT2D eigenvalue weighted by molar-refractivity contribution is -0.131. The summed E-state index contributed by atoms with van der Waals surface area (Å²) >= 11 is 11.4. The van der Waals surface area contributed by atoms with Gasteiger partial charge < -0.3 is 14.6 Å². The molecule has 92 valence electrons. The first kappa shape index (κ1) is 13.7. The van der Waals surface area contributed by atoms with Gasteiger partial charge in [0.25, 0.3) is 0 Å². The molecule has 1 aromatic carbocycles. The summed E-state index contributed by atoms with van der Waals surface area (Å²) in [7, 11) is 2.97. The van der Waals surface area contributed by atoms with Crippen molar-refractivity contribution < 1.29 is 19.4 Å². The Hall–Kier alpha value is -1.39. The van der Waals surface area contributed by atoms with Gasteiger partial charge in [0.15, 0.2) is 11.5 Å². The van der Waals surface area contributed by atoms with E-state index in [4.69, 9.17) is 37.8 Å². The zero-order valence-electron chi connectivity index (χ0n) is 9.16. The Balaban J connectivity index is 3.25. The highest BCUT2D eigenvalue weighted by Gasteiger charge is 2.14. The first-order valence-corrected chi connectivity index (χ1v) is 5.27. The minimum absolute atomic E-state index is 0.0554. The molecule has 0 amide bonds. The molecule has 1 rings (SSSR count). The molecule has 1 aromatic rings. The van der Waals surface area contributed by atoms with Crippen LogP contribution in [-0.4, -0.2) is 25.3 Å². The lowest BCUT2D eigenvalue weighted by Gasteiger charge is -2.09. The second kappa shape index (κ2) is 5.80. The van der Waals surface area contributed by atoms with Crippen molar-refractivity contribution in [1.82, 2.24) is 0 Å². The van der Waals surface area contributed by atoms with Gasteiger partial charge in [-0.1, -0.05) is 23.2 Å². The Labute approximate surface area is 108 Å². The van der Waals surface area contributed by atoms with E-state index in [2.05, 4.69) is 0 Å². The van der Waals surface area contributed by atoms with Crippen molar-refractivity contribution in [3.05, 3.63) is 28.8 Å². The van der Waals surface area contributed by atoms with Gasteiger partial charge in [0.05, 0.1) is 19.3 Å². The van der Waals surface area contributed by atoms with Crippen molar-refractivity contribution in [1.29, 1.82) is 0 Å². The normalized spacial score (nSPS) is 11.8. The first-order chi connectivity index (χ1) is 8.01. The van der Waals surface area contributed by atoms with Crippen molar-refractivity contribution in [3.63, 3.8) is 0 Å². The maximum Gasteiger partial charge on any atom is 0.348 e. The molecule has 0 aliphatic rings. The molecular weight excluding hydrogens is 267 g/mol. The lowest BCUT2D eigenvalue weighted by Crippen LogP contribution is -1.97. The zero-order chi connectivity index (χ0) is 13.0. The smallest absolute Gasteiger partial charge is 0.348 e. The molecule has 0 heterocycles. The summed E-state index contributed by atoms with van der Waals surface area (Å²) in [6, 6.07) is 4.75. The van der Waals surface area contributed by atoms with Gasteiger partial charge in [-0.25, -0.2) is 4.79 Å². The predicted octanol–water partition coefficient (Wildman–Crippen LogP) is 2.93. The summed E-state index contributed by atoms with van der Waals surface area (Å²) in [6.45, 7) is 0. The van der Waals surface area contributed by atoms with Gasteiger partial charge in [0.2, 0.25) is 0 Å². The van der Waals surface area contributed by atoms with Gasteiger partial charge in [0.1, 0.15) is 5.03 Å². The molecule has 6 heteroatoms. The summed E-state index contributed by atoms with van der Waals surface area (Å²) < 4.78 is 10.1. The molecule has 0 radical (unpaired) electrons. The quantitative estimate of drug-likeness (QED) is 0.860. The number of hydrogen-bond donors (Lipinski definition) is 1. The van der Waals surface area contributed by atoms with Crippen LogP contribution in [0.3, 0.4) is 0 Å². The molecule has 0 aliphatic heterocycles. The molecule has 0 fully saturated rings. The van der Waals surface area contributed by atoms with Crippen molar-refractivity contribution in [2.75, 3.05) is 14.2 Å². The minimum atomic E-state index is -1.29. The lowest BCUT2D eigenvalue weighted by atomic mass is 10.2. The number of carboxylic acid groups (broad SMARTS) is 1. The van der Waals surface area contributed by atoms with E-state index >= 15 is 0 Å². The van der Waals surface area contributed by atoms with Gasteiger partial charge in [-0.05, 0) is 23.8 Å². The van der Waals surface area contributed by atoms with Crippen LogP contribution < -0.4 is 9.47 Å². The Bertz CT molecular complexity index is 469. The molecule has 0 bridgehead atoms. The molecular formula is C11H10Cl2O4. The maximum atomic E-state index is 10.7. The van der Waals surface area contributed by atoms with Crippen LogP contribution in [0.15, 0.2) is 23.2 Å². The number of carbonyl (C=O) groups is 1. The van der Waals surface area contributed by atoms with Gasteiger partial charge in [0, 0.05) is 0 Å². The van der Waals surface area contributed by atoms with Crippen LogP contribution in [0.1, 0.15) is 5.56 Å². The second-order valence-electron chi connectivity index (χ2n) is 3.00. The molecule has 0 atom stereocenters. The molecule has 0 aromatic heterocycles. The zero-order valence-corrected chi connectivity index (χ0v) is 10.7. The average Bonchev–Trinajstić information content (AvgIpc) is 2.35. The predicted molar refractivity (Wildman–Crippen MR) is 65.8 cm³/mol. The highest BCUT2D eigenvalue weighted by atomic mass is 35.5. The van der Waals surface area contributed by atoms with Crippen LogP contribution in [0.2, 0.25) is 0 Å². The van der Waals surface area contributed by atoms with E-state index in [9.17, 15) is 4.79 Å². The highest BCUT2D eigenvalue weighted by Crippen LogP contribution is 2.33. The maximum absolute atomic E-state index is 10.7. The number of benzene rings is 1. The fraction of sp³-hybridized carbons (Fsp3) is 0.182. The topological polar surface area (TPSA) is 55.8 Å². The van der Waals surface area contributed by atoms with Crippen molar-refractivity contribution >= 4 is 34.2 Å². The summed E-state index contributed by atoms with van der Waals surface area (Å²) in [5.41, 5.74) is 0.441. The van der Waals surface area contributed by atoms with E-state index in [1.165, 1.54) is 14.2 Å². The molecule has 17 heavy (non-hydrogen) atoms. The molecule has 0 aliphatic carbocycles. The number of hydrogen-bond acceptors (Lipinski definition) is 3. The summed E-state index contributed by atoms with van der Waals surface area (Å²) in [6.07, 6.45) is 0. The molecule has 4 nitrogen and oxygen atoms in total. The fourth-order valence-corrected chi connectivity index (χ4v) is 1.50. The van der Waals surface area contributed by atoms with E-state index in [-0.39, 0.29) is 5.03 Å². The number of carboxylic acids is 1. The Morgan fingerprint density at radius 2 is 1.76 bits per heavy atom. The highest BCUT2D eigenvalue weighted by molar-refractivity contribution is 6.59. The number of aliphatic carboxylic acids is 1. The second-order valence-corrected chi connectivity index (χ2v) is 3.76. The van der Waals surface area contributed by atoms with Crippen LogP contribution in [0.5, 0.6) is 11.5 Å². The third kappa shape index (κ3) is 3.05. The van der Waals surface area contributed by atoms with Crippen molar-refractivity contribution in [2.24, 2.45) is 0 Å². The minimum Gasteiger partial charge on any atom is -0.493 e. The number of ether oxygens (including phenoxy) is 2. The summed E-state index contributed by atoms with van der Waals surface area (Å²) in [5, 5.41) is 8.21. The first-order valence-electron chi connectivity index (χ1n) is 4.52. The van der Waals surface area contributed by atoms with E-state index in [0.717, 1.165) is 0 Å². The van der Waals surface area contributed by atoms with Crippen LogP contribution >= 0.6 is 23.2 Å². The molecule has 0 spiro atoms. The Kier molecular flexibility index (Phi) is 4.66. The third-order valence-electron chi connectivity index (χ3n) is 2.02. The SMILES string of the molecule is COc1ccc(/C(Cl)=C(\Cl)C(=O)O)cc1OC. The number of methoxy groups -OCH3 is 2. The van der Waals surface area contributed by atoms with E-state index in [1.54, 1.807) is 18.2 Å². The monoisotopic (exact) mass is 276 g/mol. The number of halogens is 2. The van der Waals surface area contributed by atoms with Gasteiger partial charge in [-0.2, -0.15) is 0 Å². The largest absolute Gasteiger partial charge is 0.493 e. The van der Waals surface area contributed by atoms with Crippen LogP contribution in [0, 0.1) is 0 Å². The van der Waals surface area contributed by atoms with E-state index in [1.807, 2.05) is 0 Å². The van der Waals surface area contributed by atoms with E-state index in [0.29, 0.717) is 17.1 Å². The van der Waals surface area contributed by atoms with Gasteiger partial charge >= 0.3 is 5.97 Å². The number of rotatable bonds is 4. The Morgan fingerprint density at radius 3 is 2.24 bits per heavy atom. The van der Waals surface area contributed by atoms with Crippen molar-refractivity contribution in [2.45, 2.75) is 0 Å². The van der Waals surface area contributed by atoms with Crippen LogP contribution in [0.25, 0.3) is 5.03 Å². The Morgan fingerprint density at radius 1 is 1.18 bits per heavy atom. The molecule has 1 N–H and O–H groups in total. The fourth-order valence-electron chi connectivity index (χ4n) is 1.19. The molecule has 0 unspecified atom stereocenters. The van der Waals surface area contributed by atoms with E-state index < -0.39 is 11.0 Å².